The maximum atomic E-state index is 14.3. The van der Waals surface area contributed by atoms with Gasteiger partial charge >= 0.3 is 0 Å². The van der Waals surface area contributed by atoms with Crippen LogP contribution in [-0.4, -0.2) is 4.98 Å². The summed E-state index contributed by atoms with van der Waals surface area (Å²) in [5, 5.41) is 0.582. The number of rotatable bonds is 1. The second-order valence-electron chi connectivity index (χ2n) is 5.39. The molecule has 0 aliphatic rings. The van der Waals surface area contributed by atoms with Gasteiger partial charge in [0.1, 0.15) is 5.82 Å². The zero-order valence-corrected chi connectivity index (χ0v) is 11.9. The first kappa shape index (κ1) is 12.8. The third kappa shape index (κ3) is 2.29. The van der Waals surface area contributed by atoms with Crippen molar-refractivity contribution < 1.29 is 4.39 Å². The first-order valence-corrected chi connectivity index (χ1v) is 6.68. The fourth-order valence-electron chi connectivity index (χ4n) is 2.57. The number of hydrogen-bond donors (Lipinski definition) is 0. The van der Waals surface area contributed by atoms with Crippen molar-refractivity contribution in [2.24, 2.45) is 0 Å². The summed E-state index contributed by atoms with van der Waals surface area (Å²) in [4.78, 5) is 4.59. The van der Waals surface area contributed by atoms with Crippen molar-refractivity contribution in [2.45, 2.75) is 20.8 Å². The van der Waals surface area contributed by atoms with Gasteiger partial charge in [-0.05, 0) is 45.0 Å². The standard InChI is InChI=1S/C18H16FN/c1-11-4-5-17-15(9-11)16(19)10-18(20-17)14-7-12(2)6-13(3)8-14/h4-10H,1-3H3. The fourth-order valence-corrected chi connectivity index (χ4v) is 2.57. The first-order chi connectivity index (χ1) is 9.52. The predicted molar refractivity (Wildman–Crippen MR) is 81.3 cm³/mol. The molecule has 2 heteroatoms. The molecule has 0 aliphatic carbocycles. The van der Waals surface area contributed by atoms with Gasteiger partial charge in [0.2, 0.25) is 0 Å². The largest absolute Gasteiger partial charge is 0.248 e. The smallest absolute Gasteiger partial charge is 0.134 e. The molecule has 0 N–H and O–H groups in total. The zero-order valence-electron chi connectivity index (χ0n) is 11.9. The van der Waals surface area contributed by atoms with Gasteiger partial charge in [0.25, 0.3) is 0 Å². The van der Waals surface area contributed by atoms with Gasteiger partial charge in [0, 0.05) is 17.0 Å². The highest BCUT2D eigenvalue weighted by Gasteiger charge is 2.08. The SMILES string of the molecule is Cc1cc(C)cc(-c2cc(F)c3cc(C)ccc3n2)c1. The number of aryl methyl sites for hydroxylation is 3. The Bertz CT molecular complexity index is 786. The minimum Gasteiger partial charge on any atom is -0.248 e. The summed E-state index contributed by atoms with van der Waals surface area (Å²) in [6, 6.07) is 13.4. The van der Waals surface area contributed by atoms with E-state index >= 15 is 0 Å². The topological polar surface area (TPSA) is 12.9 Å². The van der Waals surface area contributed by atoms with Gasteiger partial charge in [-0.3, -0.25) is 0 Å². The molecule has 100 valence electrons. The van der Waals surface area contributed by atoms with Gasteiger partial charge in [-0.15, -0.1) is 0 Å². The van der Waals surface area contributed by atoms with Crippen molar-refractivity contribution in [3.63, 3.8) is 0 Å². The normalized spacial score (nSPS) is 11.0. The summed E-state index contributed by atoms with van der Waals surface area (Å²) >= 11 is 0. The number of hydrogen-bond acceptors (Lipinski definition) is 1. The van der Waals surface area contributed by atoms with E-state index in [4.69, 9.17) is 0 Å². The Hall–Kier alpha value is -2.22. The van der Waals surface area contributed by atoms with Crippen molar-refractivity contribution in [3.05, 3.63) is 65.0 Å². The third-order valence-corrected chi connectivity index (χ3v) is 3.43. The van der Waals surface area contributed by atoms with Crippen LogP contribution in [0.3, 0.4) is 0 Å². The molecular weight excluding hydrogens is 249 g/mol. The van der Waals surface area contributed by atoms with Crippen molar-refractivity contribution in [2.75, 3.05) is 0 Å². The Morgan fingerprint density at radius 2 is 1.50 bits per heavy atom. The Kier molecular flexibility index (Phi) is 3.01. The molecule has 0 fully saturated rings. The number of fused-ring (bicyclic) bond motifs is 1. The lowest BCUT2D eigenvalue weighted by Crippen LogP contribution is -1.91. The second-order valence-corrected chi connectivity index (χ2v) is 5.39. The molecule has 3 rings (SSSR count). The summed E-state index contributed by atoms with van der Waals surface area (Å²) in [7, 11) is 0. The van der Waals surface area contributed by atoms with Crippen LogP contribution in [0.4, 0.5) is 4.39 Å². The minimum atomic E-state index is -0.215. The van der Waals surface area contributed by atoms with Crippen molar-refractivity contribution in [1.29, 1.82) is 0 Å². The number of halogens is 1. The molecule has 3 aromatic rings. The molecule has 0 bridgehead atoms. The van der Waals surface area contributed by atoms with Crippen LogP contribution in [0, 0.1) is 26.6 Å². The monoisotopic (exact) mass is 265 g/mol. The van der Waals surface area contributed by atoms with Crippen LogP contribution >= 0.6 is 0 Å². The van der Waals surface area contributed by atoms with E-state index in [-0.39, 0.29) is 5.82 Å². The van der Waals surface area contributed by atoms with E-state index in [1.54, 1.807) is 0 Å². The summed E-state index contributed by atoms with van der Waals surface area (Å²) in [6.45, 7) is 6.03. The maximum Gasteiger partial charge on any atom is 0.134 e. The van der Waals surface area contributed by atoms with Crippen LogP contribution in [0.15, 0.2) is 42.5 Å². The first-order valence-electron chi connectivity index (χ1n) is 6.68. The van der Waals surface area contributed by atoms with Crippen LogP contribution in [-0.2, 0) is 0 Å². The molecule has 20 heavy (non-hydrogen) atoms. The highest BCUT2D eigenvalue weighted by atomic mass is 19.1. The van der Waals surface area contributed by atoms with E-state index in [0.717, 1.165) is 22.3 Å². The number of aromatic nitrogens is 1. The summed E-state index contributed by atoms with van der Waals surface area (Å²) in [5.74, 6) is -0.215. The molecule has 1 aromatic heterocycles. The van der Waals surface area contributed by atoms with Crippen LogP contribution in [0.25, 0.3) is 22.2 Å². The van der Waals surface area contributed by atoms with E-state index in [1.807, 2.05) is 51.1 Å². The van der Waals surface area contributed by atoms with Gasteiger partial charge in [-0.1, -0.05) is 28.8 Å². The molecule has 0 atom stereocenters. The van der Waals surface area contributed by atoms with E-state index in [1.165, 1.54) is 6.07 Å². The second kappa shape index (κ2) is 4.71. The van der Waals surface area contributed by atoms with Gasteiger partial charge < -0.3 is 0 Å². The molecule has 0 radical (unpaired) electrons. The quantitative estimate of drug-likeness (QED) is 0.605. The van der Waals surface area contributed by atoms with Crippen molar-refractivity contribution in [1.82, 2.24) is 4.98 Å². The zero-order chi connectivity index (χ0) is 14.3. The van der Waals surface area contributed by atoms with E-state index in [0.29, 0.717) is 16.6 Å². The van der Waals surface area contributed by atoms with Gasteiger partial charge in [0.05, 0.1) is 11.2 Å². The number of benzene rings is 2. The molecule has 1 nitrogen and oxygen atoms in total. The lowest BCUT2D eigenvalue weighted by Gasteiger charge is -2.07. The maximum absolute atomic E-state index is 14.3. The molecule has 0 unspecified atom stereocenters. The third-order valence-electron chi connectivity index (χ3n) is 3.43. The molecule has 1 heterocycles. The van der Waals surface area contributed by atoms with Gasteiger partial charge in [-0.25, -0.2) is 9.37 Å². The highest BCUT2D eigenvalue weighted by Crippen LogP contribution is 2.26. The van der Waals surface area contributed by atoms with Crippen LogP contribution < -0.4 is 0 Å². The Balaban J connectivity index is 2.24. The fraction of sp³-hybridized carbons (Fsp3) is 0.167. The van der Waals surface area contributed by atoms with Crippen LogP contribution in [0.5, 0.6) is 0 Å². The molecule has 0 saturated heterocycles. The average molecular weight is 265 g/mol. The summed E-state index contributed by atoms with van der Waals surface area (Å²) in [5.41, 5.74) is 5.70. The summed E-state index contributed by atoms with van der Waals surface area (Å²) < 4.78 is 14.3. The molecule has 0 amide bonds. The van der Waals surface area contributed by atoms with Crippen molar-refractivity contribution in [3.8, 4) is 11.3 Å². The van der Waals surface area contributed by atoms with Crippen molar-refractivity contribution >= 4 is 10.9 Å². The van der Waals surface area contributed by atoms with Crippen LogP contribution in [0.2, 0.25) is 0 Å². The lowest BCUT2D eigenvalue weighted by atomic mass is 10.0. The van der Waals surface area contributed by atoms with E-state index in [9.17, 15) is 4.39 Å². The number of nitrogens with zero attached hydrogens (tertiary/aromatic N) is 1. The predicted octanol–water partition coefficient (Wildman–Crippen LogP) is 4.97. The Labute approximate surface area is 118 Å². The highest BCUT2D eigenvalue weighted by molar-refractivity contribution is 5.83. The van der Waals surface area contributed by atoms with Crippen LogP contribution in [0.1, 0.15) is 16.7 Å². The van der Waals surface area contributed by atoms with Gasteiger partial charge in [0.15, 0.2) is 0 Å². The molecular formula is C18H16FN. The molecule has 0 saturated carbocycles. The molecule has 0 spiro atoms. The van der Waals surface area contributed by atoms with E-state index < -0.39 is 0 Å². The Morgan fingerprint density at radius 1 is 0.800 bits per heavy atom. The van der Waals surface area contributed by atoms with E-state index in [2.05, 4.69) is 11.1 Å². The molecule has 2 aromatic carbocycles. The summed E-state index contributed by atoms with van der Waals surface area (Å²) in [6.07, 6.45) is 0. The Morgan fingerprint density at radius 3 is 2.20 bits per heavy atom. The molecule has 0 aliphatic heterocycles. The number of pyridine rings is 1. The van der Waals surface area contributed by atoms with Gasteiger partial charge in [-0.2, -0.15) is 0 Å². The minimum absolute atomic E-state index is 0.215. The lowest BCUT2D eigenvalue weighted by molar-refractivity contribution is 0.639. The average Bonchev–Trinajstić information content (AvgIpc) is 2.38.